The van der Waals surface area contributed by atoms with Crippen molar-refractivity contribution in [2.45, 2.75) is 19.4 Å². The second-order valence-electron chi connectivity index (χ2n) is 5.11. The minimum absolute atomic E-state index is 0.199. The van der Waals surface area contributed by atoms with Gasteiger partial charge in [0.05, 0.1) is 12.0 Å². The zero-order valence-corrected chi connectivity index (χ0v) is 12.2. The molecular formula is C14H16ClFN2O3. The van der Waals surface area contributed by atoms with Crippen molar-refractivity contribution < 1.29 is 19.1 Å². The molecular weight excluding hydrogens is 299 g/mol. The molecule has 1 saturated heterocycles. The highest BCUT2D eigenvalue weighted by Crippen LogP contribution is 2.24. The van der Waals surface area contributed by atoms with Gasteiger partial charge in [0.2, 0.25) is 0 Å². The van der Waals surface area contributed by atoms with E-state index < -0.39 is 23.7 Å². The molecule has 1 unspecified atom stereocenters. The SMILES string of the molecule is C[C@@H](NC(=O)N1CCC(C(=O)O)C1)c1ccc(F)cc1Cl. The zero-order chi connectivity index (χ0) is 15.6. The predicted molar refractivity (Wildman–Crippen MR) is 75.7 cm³/mol. The third-order valence-corrected chi connectivity index (χ3v) is 3.92. The average Bonchev–Trinajstić information content (AvgIpc) is 2.88. The molecule has 7 heteroatoms. The standard InChI is InChI=1S/C14H16ClFN2O3/c1-8(11-3-2-10(16)6-12(11)15)17-14(21)18-5-4-9(7-18)13(19)20/h2-3,6,8-9H,4-5,7H2,1H3,(H,17,21)(H,19,20)/t8-,9?/m1/s1. The number of urea groups is 1. The van der Waals surface area contributed by atoms with Gasteiger partial charge in [-0.3, -0.25) is 4.79 Å². The van der Waals surface area contributed by atoms with Crippen molar-refractivity contribution in [3.63, 3.8) is 0 Å². The number of halogens is 2. The highest BCUT2D eigenvalue weighted by atomic mass is 35.5. The normalized spacial score (nSPS) is 19.4. The molecule has 21 heavy (non-hydrogen) atoms. The number of aliphatic carboxylic acids is 1. The molecule has 0 saturated carbocycles. The molecule has 0 aliphatic carbocycles. The van der Waals surface area contributed by atoms with Gasteiger partial charge in [0.1, 0.15) is 5.82 Å². The molecule has 1 aromatic carbocycles. The largest absolute Gasteiger partial charge is 0.481 e. The van der Waals surface area contributed by atoms with Gasteiger partial charge in [-0.25, -0.2) is 9.18 Å². The van der Waals surface area contributed by atoms with Crippen LogP contribution in [-0.2, 0) is 4.79 Å². The molecule has 1 aliphatic rings. The minimum Gasteiger partial charge on any atom is -0.481 e. The summed E-state index contributed by atoms with van der Waals surface area (Å²) in [5.74, 6) is -1.84. The van der Waals surface area contributed by atoms with Crippen LogP contribution in [0, 0.1) is 11.7 Å². The van der Waals surface area contributed by atoms with Crippen LogP contribution in [0.5, 0.6) is 0 Å². The lowest BCUT2D eigenvalue weighted by Crippen LogP contribution is -2.40. The van der Waals surface area contributed by atoms with Crippen LogP contribution in [-0.4, -0.2) is 35.1 Å². The summed E-state index contributed by atoms with van der Waals surface area (Å²) < 4.78 is 13.0. The Balaban J connectivity index is 1.98. The number of nitrogens with one attached hydrogen (secondary N) is 1. The van der Waals surface area contributed by atoms with Crippen LogP contribution in [0.4, 0.5) is 9.18 Å². The van der Waals surface area contributed by atoms with E-state index in [0.29, 0.717) is 18.5 Å². The van der Waals surface area contributed by atoms with Gasteiger partial charge in [0.25, 0.3) is 0 Å². The van der Waals surface area contributed by atoms with Gasteiger partial charge in [-0.15, -0.1) is 0 Å². The van der Waals surface area contributed by atoms with Gasteiger partial charge in [-0.05, 0) is 31.0 Å². The Morgan fingerprint density at radius 2 is 2.24 bits per heavy atom. The van der Waals surface area contributed by atoms with E-state index in [1.807, 2.05) is 0 Å². The smallest absolute Gasteiger partial charge is 0.317 e. The molecule has 0 aromatic heterocycles. The summed E-state index contributed by atoms with van der Waals surface area (Å²) >= 11 is 5.95. The predicted octanol–water partition coefficient (Wildman–Crippen LogP) is 2.66. The first-order valence-electron chi connectivity index (χ1n) is 6.61. The Bertz CT molecular complexity index is 567. The molecule has 0 spiro atoms. The van der Waals surface area contributed by atoms with Crippen LogP contribution in [0.25, 0.3) is 0 Å². The van der Waals surface area contributed by atoms with Gasteiger partial charge in [0, 0.05) is 18.1 Å². The topological polar surface area (TPSA) is 69.6 Å². The number of carboxylic acids is 1. The molecule has 114 valence electrons. The van der Waals surface area contributed by atoms with E-state index in [2.05, 4.69) is 5.32 Å². The van der Waals surface area contributed by atoms with E-state index in [1.165, 1.54) is 23.1 Å². The lowest BCUT2D eigenvalue weighted by atomic mass is 10.1. The number of carbonyl (C=O) groups is 2. The monoisotopic (exact) mass is 314 g/mol. The van der Waals surface area contributed by atoms with Gasteiger partial charge < -0.3 is 15.3 Å². The second kappa shape index (κ2) is 6.30. The third kappa shape index (κ3) is 3.64. The summed E-state index contributed by atoms with van der Waals surface area (Å²) in [7, 11) is 0. The molecule has 1 fully saturated rings. The van der Waals surface area contributed by atoms with E-state index in [1.54, 1.807) is 6.92 Å². The number of rotatable bonds is 3. The first-order chi connectivity index (χ1) is 9.88. The number of likely N-dealkylation sites (tertiary alicyclic amines) is 1. The Kier molecular flexibility index (Phi) is 4.67. The maximum atomic E-state index is 13.0. The maximum absolute atomic E-state index is 13.0. The molecule has 2 atom stereocenters. The fourth-order valence-electron chi connectivity index (χ4n) is 2.35. The van der Waals surface area contributed by atoms with E-state index in [9.17, 15) is 14.0 Å². The van der Waals surface area contributed by atoms with Crippen molar-refractivity contribution in [2.24, 2.45) is 5.92 Å². The van der Waals surface area contributed by atoms with Crippen LogP contribution in [0.3, 0.4) is 0 Å². The molecule has 2 amide bonds. The fourth-order valence-corrected chi connectivity index (χ4v) is 2.68. The number of carboxylic acid groups (broad SMARTS) is 1. The number of nitrogens with zero attached hydrogens (tertiary/aromatic N) is 1. The molecule has 5 nitrogen and oxygen atoms in total. The molecule has 1 aliphatic heterocycles. The molecule has 2 rings (SSSR count). The molecule has 1 aromatic rings. The van der Waals surface area contributed by atoms with Crippen LogP contribution in [0.1, 0.15) is 24.9 Å². The van der Waals surface area contributed by atoms with Crippen molar-refractivity contribution in [2.75, 3.05) is 13.1 Å². The molecule has 2 N–H and O–H groups in total. The lowest BCUT2D eigenvalue weighted by molar-refractivity contribution is -0.141. The van der Waals surface area contributed by atoms with Crippen LogP contribution < -0.4 is 5.32 Å². The Labute approximate surface area is 126 Å². The van der Waals surface area contributed by atoms with Crippen molar-refractivity contribution in [1.29, 1.82) is 0 Å². The fraction of sp³-hybridized carbons (Fsp3) is 0.429. The summed E-state index contributed by atoms with van der Waals surface area (Å²) in [5, 5.41) is 11.9. The number of carbonyl (C=O) groups excluding carboxylic acids is 1. The van der Waals surface area contributed by atoms with Crippen molar-refractivity contribution in [3.05, 3.63) is 34.6 Å². The lowest BCUT2D eigenvalue weighted by Gasteiger charge is -2.21. The van der Waals surface area contributed by atoms with Crippen molar-refractivity contribution >= 4 is 23.6 Å². The Hall–Kier alpha value is -1.82. The summed E-state index contributed by atoms with van der Waals surface area (Å²) in [6.07, 6.45) is 0.453. The molecule has 0 radical (unpaired) electrons. The Morgan fingerprint density at radius 3 is 2.81 bits per heavy atom. The highest BCUT2D eigenvalue weighted by Gasteiger charge is 2.31. The van der Waals surface area contributed by atoms with Gasteiger partial charge in [-0.1, -0.05) is 17.7 Å². The summed E-state index contributed by atoms with van der Waals surface area (Å²) in [6.45, 7) is 2.35. The van der Waals surface area contributed by atoms with Gasteiger partial charge >= 0.3 is 12.0 Å². The van der Waals surface area contributed by atoms with Crippen molar-refractivity contribution in [3.8, 4) is 0 Å². The minimum atomic E-state index is -0.889. The second-order valence-corrected chi connectivity index (χ2v) is 5.51. The molecule has 1 heterocycles. The number of hydrogen-bond donors (Lipinski definition) is 2. The van der Waals surface area contributed by atoms with Crippen LogP contribution in [0.2, 0.25) is 5.02 Å². The Morgan fingerprint density at radius 1 is 1.52 bits per heavy atom. The number of amides is 2. The van der Waals surface area contributed by atoms with Crippen molar-refractivity contribution in [1.82, 2.24) is 10.2 Å². The van der Waals surface area contributed by atoms with Crippen LogP contribution >= 0.6 is 11.6 Å². The highest BCUT2D eigenvalue weighted by molar-refractivity contribution is 6.31. The van der Waals surface area contributed by atoms with Gasteiger partial charge in [-0.2, -0.15) is 0 Å². The quantitative estimate of drug-likeness (QED) is 0.901. The third-order valence-electron chi connectivity index (χ3n) is 3.59. The van der Waals surface area contributed by atoms with E-state index >= 15 is 0 Å². The van der Waals surface area contributed by atoms with E-state index in [-0.39, 0.29) is 17.6 Å². The summed E-state index contributed by atoms with van der Waals surface area (Å²) in [6, 6.07) is 3.25. The van der Waals surface area contributed by atoms with E-state index in [0.717, 1.165) is 0 Å². The first kappa shape index (κ1) is 15.6. The maximum Gasteiger partial charge on any atom is 0.317 e. The summed E-state index contributed by atoms with van der Waals surface area (Å²) in [5.41, 5.74) is 0.611. The molecule has 0 bridgehead atoms. The number of benzene rings is 1. The zero-order valence-electron chi connectivity index (χ0n) is 11.5. The van der Waals surface area contributed by atoms with E-state index in [4.69, 9.17) is 16.7 Å². The van der Waals surface area contributed by atoms with Crippen LogP contribution in [0.15, 0.2) is 18.2 Å². The first-order valence-corrected chi connectivity index (χ1v) is 6.99. The summed E-state index contributed by atoms with van der Waals surface area (Å²) in [4.78, 5) is 24.4. The number of hydrogen-bond acceptors (Lipinski definition) is 2. The average molecular weight is 315 g/mol. The van der Waals surface area contributed by atoms with Gasteiger partial charge in [0.15, 0.2) is 0 Å².